The first kappa shape index (κ1) is 41.6. The third kappa shape index (κ3) is 7.64. The minimum atomic E-state index is -3.21. The first-order chi connectivity index (χ1) is 30.2. The number of anilines is 4. The molecule has 10 rings (SSSR count). The minimum absolute atomic E-state index is 0.0461. The maximum Gasteiger partial charge on any atom is 0.301 e. The SMILES string of the molecule is Cn1nc(C2CCC(=O)NC2=O)c2ccc(C3CCN(CC4CCN(c5cc(Nc6cc7c8c(c(=O)n(C)c7cc6F)OCC(F)(F)C(C6CC6)N8)c(Cl)cn5)CC4)CC3)c(F)c21. The van der Waals surface area contributed by atoms with Crippen LogP contribution in [0.15, 0.2) is 41.3 Å². The average Bonchev–Trinajstić information content (AvgIpc) is 4.06. The number of benzene rings is 2. The molecule has 63 heavy (non-hydrogen) atoms. The molecule has 4 fully saturated rings. The van der Waals surface area contributed by atoms with Crippen molar-refractivity contribution in [1.29, 1.82) is 0 Å². The summed E-state index contributed by atoms with van der Waals surface area (Å²) in [6.45, 7) is 3.23. The molecule has 18 heteroatoms. The number of nitrogens with zero attached hydrogens (tertiary/aromatic N) is 6. The molecule has 5 aliphatic rings. The monoisotopic (exact) mass is 889 g/mol. The van der Waals surface area contributed by atoms with Crippen molar-refractivity contribution in [2.45, 2.75) is 75.2 Å². The smallest absolute Gasteiger partial charge is 0.301 e. The second kappa shape index (κ2) is 16.0. The molecule has 0 spiro atoms. The number of pyridine rings is 2. The summed E-state index contributed by atoms with van der Waals surface area (Å²) in [5, 5.41) is 14.2. The van der Waals surface area contributed by atoms with Crippen LogP contribution in [-0.2, 0) is 23.7 Å². The molecule has 2 amide bonds. The molecule has 2 unspecified atom stereocenters. The van der Waals surface area contributed by atoms with Gasteiger partial charge in [-0.2, -0.15) is 5.10 Å². The highest BCUT2D eigenvalue weighted by molar-refractivity contribution is 6.33. The molecule has 2 atom stereocenters. The molecule has 1 saturated carbocycles. The fourth-order valence-electron chi connectivity index (χ4n) is 10.2. The number of hydrogen-bond acceptors (Lipinski definition) is 10. The van der Waals surface area contributed by atoms with Crippen molar-refractivity contribution >= 4 is 68.1 Å². The predicted molar refractivity (Wildman–Crippen MR) is 231 cm³/mol. The van der Waals surface area contributed by atoms with E-state index in [9.17, 15) is 14.4 Å². The topological polar surface area (TPSA) is 139 Å². The van der Waals surface area contributed by atoms with Crippen molar-refractivity contribution < 1.29 is 31.9 Å². The zero-order valence-corrected chi connectivity index (χ0v) is 35.7. The van der Waals surface area contributed by atoms with Gasteiger partial charge in [0.25, 0.3) is 5.56 Å². The molecule has 5 aromatic rings. The summed E-state index contributed by atoms with van der Waals surface area (Å²) in [6, 6.07) is 6.98. The van der Waals surface area contributed by atoms with Gasteiger partial charge < -0.3 is 29.7 Å². The normalized spacial score (nSPS) is 22.4. The average molecular weight is 890 g/mol. The van der Waals surface area contributed by atoms with Crippen LogP contribution in [0.4, 0.5) is 40.4 Å². The van der Waals surface area contributed by atoms with Crippen molar-refractivity contribution in [2.24, 2.45) is 25.9 Å². The lowest BCUT2D eigenvalue weighted by Crippen LogP contribution is -2.44. The van der Waals surface area contributed by atoms with Crippen LogP contribution < -0.4 is 31.1 Å². The molecule has 3 saturated heterocycles. The van der Waals surface area contributed by atoms with Gasteiger partial charge in [0, 0.05) is 63.1 Å². The van der Waals surface area contributed by atoms with E-state index in [1.54, 1.807) is 13.1 Å². The third-order valence-corrected chi connectivity index (χ3v) is 14.2. The fourth-order valence-corrected chi connectivity index (χ4v) is 10.3. The van der Waals surface area contributed by atoms with Crippen LogP contribution in [0.1, 0.15) is 74.5 Å². The Morgan fingerprint density at radius 1 is 0.937 bits per heavy atom. The van der Waals surface area contributed by atoms with Crippen LogP contribution in [0.5, 0.6) is 5.75 Å². The highest BCUT2D eigenvalue weighted by Crippen LogP contribution is 2.46. The zero-order chi connectivity index (χ0) is 43.9. The van der Waals surface area contributed by atoms with Gasteiger partial charge in [0.15, 0.2) is 12.4 Å². The van der Waals surface area contributed by atoms with Crippen molar-refractivity contribution in [3.05, 3.63) is 74.8 Å². The molecule has 3 aromatic heterocycles. The zero-order valence-electron chi connectivity index (χ0n) is 35.0. The highest BCUT2D eigenvalue weighted by Gasteiger charge is 2.51. The maximum absolute atomic E-state index is 16.2. The number of carbonyl (C=O) groups is 2. The fraction of sp³-hybridized carbons (Fsp3) is 0.489. The van der Waals surface area contributed by atoms with Gasteiger partial charge >= 0.3 is 5.92 Å². The summed E-state index contributed by atoms with van der Waals surface area (Å²) >= 11 is 6.61. The molecule has 3 N–H and O–H groups in total. The Balaban J connectivity index is 0.781. The Hall–Kier alpha value is -5.42. The number of alkyl halides is 2. The van der Waals surface area contributed by atoms with E-state index in [2.05, 4.69) is 35.8 Å². The van der Waals surface area contributed by atoms with Gasteiger partial charge in [0.2, 0.25) is 17.6 Å². The van der Waals surface area contributed by atoms with Gasteiger partial charge in [-0.15, -0.1) is 0 Å². The van der Waals surface area contributed by atoms with Gasteiger partial charge in [-0.1, -0.05) is 23.7 Å². The van der Waals surface area contributed by atoms with E-state index in [0.717, 1.165) is 58.4 Å². The highest BCUT2D eigenvalue weighted by atomic mass is 35.5. The Morgan fingerprint density at radius 3 is 2.43 bits per heavy atom. The molecular formula is C45H48ClF4N9O4. The second-order valence-corrected chi connectivity index (χ2v) is 18.4. The van der Waals surface area contributed by atoms with E-state index in [0.29, 0.717) is 64.2 Å². The number of imide groups is 1. The summed E-state index contributed by atoms with van der Waals surface area (Å²) in [4.78, 5) is 46.8. The van der Waals surface area contributed by atoms with Crippen molar-refractivity contribution in [1.82, 2.24) is 29.5 Å². The quantitative estimate of drug-likeness (QED) is 0.107. The molecule has 2 aromatic carbocycles. The summed E-state index contributed by atoms with van der Waals surface area (Å²) in [5.41, 5.74) is 1.74. The number of likely N-dealkylation sites (tertiary alicyclic amines) is 1. The number of carbonyl (C=O) groups excluding carboxylic acids is 2. The maximum atomic E-state index is 16.2. The largest absolute Gasteiger partial charge is 0.480 e. The van der Waals surface area contributed by atoms with Crippen molar-refractivity contribution in [3.8, 4) is 5.75 Å². The van der Waals surface area contributed by atoms with E-state index >= 15 is 17.6 Å². The van der Waals surface area contributed by atoms with Gasteiger partial charge in [-0.25, -0.2) is 22.5 Å². The lowest BCUT2D eigenvalue weighted by Gasteiger charge is -2.38. The Labute approximate surface area is 365 Å². The van der Waals surface area contributed by atoms with Gasteiger partial charge in [0.05, 0.1) is 51.5 Å². The van der Waals surface area contributed by atoms with E-state index in [4.69, 9.17) is 16.3 Å². The standard InChI is InChI=1S/C45H48ClF4N9O4/c1-56-34-18-31(47)33(17-29(34)39-41(44(56)62)63-22-45(49,50)42(54-39)25-3-4-25)52-32-19-35(51-20-30(32)46)59-15-9-23(10-16-59)21-58-13-11-24(12-14-58)26-5-6-27-38(55-57(2)40(27)37(26)48)28-7-8-36(60)53-43(28)61/h5-6,17-20,23-25,28,42,54H,3-4,7-16,21-22H2,1-2H3,(H,51,52)(H,53,60,61). The number of nitrogens with one attached hydrogen (secondary N) is 3. The van der Waals surface area contributed by atoms with Gasteiger partial charge in [-0.05, 0) is 87.4 Å². The Kier molecular flexibility index (Phi) is 10.5. The van der Waals surface area contributed by atoms with Crippen LogP contribution in [0.25, 0.3) is 21.8 Å². The molecular weight excluding hydrogens is 842 g/mol. The van der Waals surface area contributed by atoms with E-state index in [-0.39, 0.29) is 57.6 Å². The number of aryl methyl sites for hydroxylation is 2. The van der Waals surface area contributed by atoms with Crippen LogP contribution in [0, 0.1) is 23.5 Å². The van der Waals surface area contributed by atoms with Crippen molar-refractivity contribution in [2.75, 3.05) is 54.9 Å². The predicted octanol–water partition coefficient (Wildman–Crippen LogP) is 7.33. The molecule has 13 nitrogen and oxygen atoms in total. The van der Waals surface area contributed by atoms with Crippen LogP contribution in [0.3, 0.4) is 0 Å². The lowest BCUT2D eigenvalue weighted by molar-refractivity contribution is -0.134. The first-order valence-electron chi connectivity index (χ1n) is 21.8. The number of rotatable bonds is 8. The number of amides is 2. The third-order valence-electron chi connectivity index (χ3n) is 13.9. The minimum Gasteiger partial charge on any atom is -0.480 e. The number of hydrogen-bond donors (Lipinski definition) is 3. The molecule has 4 aliphatic heterocycles. The van der Waals surface area contributed by atoms with Gasteiger partial charge in [-0.3, -0.25) is 24.4 Å². The number of fused-ring (bicyclic) bond motifs is 4. The number of ether oxygens (including phenoxy) is 1. The van der Waals surface area contributed by atoms with Crippen LogP contribution >= 0.6 is 11.6 Å². The van der Waals surface area contributed by atoms with Crippen LogP contribution in [-0.4, -0.2) is 87.3 Å². The van der Waals surface area contributed by atoms with Crippen LogP contribution in [0.2, 0.25) is 5.02 Å². The van der Waals surface area contributed by atoms with E-state index in [1.807, 2.05) is 12.1 Å². The molecule has 332 valence electrons. The Morgan fingerprint density at radius 2 is 1.70 bits per heavy atom. The molecule has 0 bridgehead atoms. The number of aromatic nitrogens is 4. The van der Waals surface area contributed by atoms with Gasteiger partial charge in [0.1, 0.15) is 17.2 Å². The summed E-state index contributed by atoms with van der Waals surface area (Å²) in [5.74, 6) is -4.72. The van der Waals surface area contributed by atoms with Crippen molar-refractivity contribution in [3.63, 3.8) is 0 Å². The number of piperidine rings is 3. The summed E-state index contributed by atoms with van der Waals surface area (Å²) in [7, 11) is 3.15. The first-order valence-corrected chi connectivity index (χ1v) is 22.1. The Bertz CT molecular complexity index is 2730. The van der Waals surface area contributed by atoms with E-state index < -0.39 is 41.8 Å². The summed E-state index contributed by atoms with van der Waals surface area (Å²) < 4.78 is 70.5. The second-order valence-electron chi connectivity index (χ2n) is 18.0. The summed E-state index contributed by atoms with van der Waals surface area (Å²) in [6.07, 6.45) is 6.90. The molecule has 0 radical (unpaired) electrons. The molecule has 7 heterocycles. The lowest BCUT2D eigenvalue weighted by atomic mass is 9.86. The molecule has 1 aliphatic carbocycles. The number of halogens is 5. The van der Waals surface area contributed by atoms with E-state index in [1.165, 1.54) is 34.6 Å².